The van der Waals surface area contributed by atoms with Crippen LogP contribution >= 0.6 is 12.2 Å². The predicted octanol–water partition coefficient (Wildman–Crippen LogP) is 1.43. The molecule has 0 heterocycles. The van der Waals surface area contributed by atoms with E-state index in [-0.39, 0.29) is 5.92 Å². The minimum Gasteiger partial charge on any atom is -0.444 e. The van der Waals surface area contributed by atoms with E-state index < -0.39 is 11.7 Å². The van der Waals surface area contributed by atoms with Crippen molar-refractivity contribution in [2.45, 2.75) is 33.3 Å². The van der Waals surface area contributed by atoms with E-state index >= 15 is 0 Å². The molecule has 5 heteroatoms. The van der Waals surface area contributed by atoms with Gasteiger partial charge in [0.2, 0.25) is 0 Å². The quantitative estimate of drug-likeness (QED) is 0.703. The number of ether oxygens (including phenoxy) is 1. The number of hydrogen-bond acceptors (Lipinski definition) is 3. The first-order valence-electron chi connectivity index (χ1n) is 4.48. The highest BCUT2D eigenvalue weighted by molar-refractivity contribution is 7.80. The van der Waals surface area contributed by atoms with Crippen LogP contribution in [0.4, 0.5) is 4.79 Å². The van der Waals surface area contributed by atoms with Crippen LogP contribution in [-0.2, 0) is 4.74 Å². The van der Waals surface area contributed by atoms with E-state index in [0.717, 1.165) is 0 Å². The molecule has 0 aromatic heterocycles. The van der Waals surface area contributed by atoms with Crippen molar-refractivity contribution >= 4 is 23.3 Å². The van der Waals surface area contributed by atoms with Crippen LogP contribution in [0.5, 0.6) is 0 Å². The number of nitrogens with two attached hydrogens (primary N) is 1. The van der Waals surface area contributed by atoms with E-state index in [2.05, 4.69) is 5.32 Å². The molecule has 0 aliphatic heterocycles. The lowest BCUT2D eigenvalue weighted by Gasteiger charge is -2.20. The summed E-state index contributed by atoms with van der Waals surface area (Å²) in [5.74, 6) is -0.0162. The molecule has 0 radical (unpaired) electrons. The first-order chi connectivity index (χ1) is 6.22. The van der Waals surface area contributed by atoms with Gasteiger partial charge in [-0.15, -0.1) is 0 Å². The number of carbonyl (C=O) groups excluding carboxylic acids is 1. The molecule has 0 rings (SSSR count). The SMILES string of the molecule is CC(CNC(=O)OC(C)(C)C)C(N)=S. The molecule has 0 aliphatic carbocycles. The fourth-order valence-corrected chi connectivity index (χ4v) is 0.735. The van der Waals surface area contributed by atoms with Gasteiger partial charge in [-0.25, -0.2) is 4.79 Å². The number of rotatable bonds is 3. The number of alkyl carbamates (subject to hydrolysis) is 1. The Kier molecular flexibility index (Phi) is 4.83. The van der Waals surface area contributed by atoms with E-state index in [1.807, 2.05) is 27.7 Å². The predicted molar refractivity (Wildman–Crippen MR) is 60.2 cm³/mol. The summed E-state index contributed by atoms with van der Waals surface area (Å²) < 4.78 is 5.03. The number of nitrogens with one attached hydrogen (secondary N) is 1. The lowest BCUT2D eigenvalue weighted by molar-refractivity contribution is 0.0524. The Balaban J connectivity index is 3.81. The summed E-state index contributed by atoms with van der Waals surface area (Å²) in [4.78, 5) is 11.6. The third-order valence-electron chi connectivity index (χ3n) is 1.44. The van der Waals surface area contributed by atoms with Gasteiger partial charge in [0.15, 0.2) is 0 Å². The normalized spacial score (nSPS) is 13.1. The summed E-state index contributed by atoms with van der Waals surface area (Å²) >= 11 is 4.77. The fourth-order valence-electron chi connectivity index (χ4n) is 0.651. The Morgan fingerprint density at radius 2 is 2.07 bits per heavy atom. The zero-order valence-electron chi connectivity index (χ0n) is 9.09. The second-order valence-corrected chi connectivity index (χ2v) is 4.66. The number of carbonyl (C=O) groups is 1. The fraction of sp³-hybridized carbons (Fsp3) is 0.778. The average Bonchev–Trinajstić information content (AvgIpc) is 1.96. The topological polar surface area (TPSA) is 64.3 Å². The second kappa shape index (κ2) is 5.14. The Bertz CT molecular complexity index is 223. The van der Waals surface area contributed by atoms with Crippen molar-refractivity contribution in [2.75, 3.05) is 6.54 Å². The van der Waals surface area contributed by atoms with Gasteiger partial charge in [0.05, 0.1) is 4.99 Å². The Hall–Kier alpha value is -0.840. The molecule has 0 spiro atoms. The summed E-state index contributed by atoms with van der Waals surface area (Å²) in [5, 5.41) is 2.59. The minimum atomic E-state index is -0.476. The lowest BCUT2D eigenvalue weighted by Crippen LogP contribution is -2.37. The van der Waals surface area contributed by atoms with Crippen molar-refractivity contribution in [2.24, 2.45) is 11.7 Å². The van der Waals surface area contributed by atoms with Gasteiger partial charge in [0.1, 0.15) is 5.60 Å². The van der Waals surface area contributed by atoms with Gasteiger partial charge in [0.25, 0.3) is 0 Å². The maximum Gasteiger partial charge on any atom is 0.407 e. The molecule has 0 aromatic rings. The maximum atomic E-state index is 11.2. The van der Waals surface area contributed by atoms with E-state index in [4.69, 9.17) is 22.7 Å². The molecule has 0 saturated heterocycles. The molecule has 4 nitrogen and oxygen atoms in total. The molecule has 1 unspecified atom stereocenters. The summed E-state index contributed by atoms with van der Waals surface area (Å²) in [5.41, 5.74) is 4.91. The third-order valence-corrected chi connectivity index (χ3v) is 1.84. The van der Waals surface area contributed by atoms with Gasteiger partial charge in [-0.3, -0.25) is 0 Å². The van der Waals surface area contributed by atoms with E-state index in [0.29, 0.717) is 11.5 Å². The minimum absolute atomic E-state index is 0.0162. The zero-order valence-corrected chi connectivity index (χ0v) is 9.90. The van der Waals surface area contributed by atoms with Gasteiger partial charge in [-0.2, -0.15) is 0 Å². The van der Waals surface area contributed by atoms with Crippen LogP contribution in [0.2, 0.25) is 0 Å². The molecule has 1 amide bonds. The Labute approximate surface area is 90.2 Å². The van der Waals surface area contributed by atoms with E-state index in [1.165, 1.54) is 0 Å². The van der Waals surface area contributed by atoms with E-state index in [1.54, 1.807) is 0 Å². The van der Waals surface area contributed by atoms with Gasteiger partial charge in [-0.05, 0) is 20.8 Å². The van der Waals surface area contributed by atoms with Crippen LogP contribution in [0.1, 0.15) is 27.7 Å². The van der Waals surface area contributed by atoms with Crippen molar-refractivity contribution < 1.29 is 9.53 Å². The molecule has 0 fully saturated rings. The van der Waals surface area contributed by atoms with Gasteiger partial charge < -0.3 is 15.8 Å². The summed E-state index contributed by atoms with van der Waals surface area (Å²) in [7, 11) is 0. The highest BCUT2D eigenvalue weighted by Crippen LogP contribution is 2.06. The van der Waals surface area contributed by atoms with Crippen LogP contribution in [-0.4, -0.2) is 23.2 Å². The molecule has 0 aliphatic rings. The third kappa shape index (κ3) is 6.65. The maximum absolute atomic E-state index is 11.2. The highest BCUT2D eigenvalue weighted by Gasteiger charge is 2.16. The van der Waals surface area contributed by atoms with Crippen LogP contribution in [0.3, 0.4) is 0 Å². The molecule has 1 atom stereocenters. The molecule has 0 aromatic carbocycles. The monoisotopic (exact) mass is 218 g/mol. The summed E-state index contributed by atoms with van der Waals surface area (Å²) in [6.07, 6.45) is -0.444. The molecule has 0 saturated carbocycles. The van der Waals surface area contributed by atoms with Crippen molar-refractivity contribution in [1.29, 1.82) is 0 Å². The van der Waals surface area contributed by atoms with Gasteiger partial charge >= 0.3 is 6.09 Å². The van der Waals surface area contributed by atoms with Crippen molar-refractivity contribution in [3.05, 3.63) is 0 Å². The largest absolute Gasteiger partial charge is 0.444 e. The van der Waals surface area contributed by atoms with Crippen LogP contribution in [0.15, 0.2) is 0 Å². The average molecular weight is 218 g/mol. The van der Waals surface area contributed by atoms with Crippen LogP contribution < -0.4 is 11.1 Å². The Morgan fingerprint density at radius 3 is 2.43 bits per heavy atom. The highest BCUT2D eigenvalue weighted by atomic mass is 32.1. The first kappa shape index (κ1) is 13.2. The van der Waals surface area contributed by atoms with Crippen molar-refractivity contribution in [3.63, 3.8) is 0 Å². The first-order valence-corrected chi connectivity index (χ1v) is 4.89. The van der Waals surface area contributed by atoms with Crippen LogP contribution in [0.25, 0.3) is 0 Å². The molecule has 0 bridgehead atoms. The van der Waals surface area contributed by atoms with Gasteiger partial charge in [-0.1, -0.05) is 19.1 Å². The molecule has 82 valence electrons. The number of amides is 1. The Morgan fingerprint density at radius 1 is 1.57 bits per heavy atom. The van der Waals surface area contributed by atoms with E-state index in [9.17, 15) is 4.79 Å². The van der Waals surface area contributed by atoms with Crippen molar-refractivity contribution in [3.8, 4) is 0 Å². The number of hydrogen-bond donors (Lipinski definition) is 2. The van der Waals surface area contributed by atoms with Crippen LogP contribution in [0, 0.1) is 5.92 Å². The number of thiocarbonyl (C=S) groups is 1. The van der Waals surface area contributed by atoms with Crippen molar-refractivity contribution in [1.82, 2.24) is 5.32 Å². The summed E-state index contributed by atoms with van der Waals surface area (Å²) in [6.45, 7) is 7.68. The summed E-state index contributed by atoms with van der Waals surface area (Å²) in [6, 6.07) is 0. The zero-order chi connectivity index (χ0) is 11.4. The molecule has 3 N–H and O–H groups in total. The molecular weight excluding hydrogens is 200 g/mol. The second-order valence-electron chi connectivity index (χ2n) is 4.19. The lowest BCUT2D eigenvalue weighted by atomic mass is 10.2. The van der Waals surface area contributed by atoms with Gasteiger partial charge in [0, 0.05) is 12.5 Å². The molecular formula is C9H18N2O2S. The smallest absolute Gasteiger partial charge is 0.407 e. The standard InChI is InChI=1S/C9H18N2O2S/c1-6(7(10)14)5-11-8(12)13-9(2,3)4/h6H,5H2,1-4H3,(H2,10,14)(H,11,12). The molecule has 14 heavy (non-hydrogen) atoms.